The molecule has 1 aromatic rings. The number of rotatable bonds is 8. The van der Waals surface area contributed by atoms with Crippen LogP contribution < -0.4 is 0 Å². The van der Waals surface area contributed by atoms with Crippen LogP contribution in [0.3, 0.4) is 0 Å². The van der Waals surface area contributed by atoms with Crippen LogP contribution in [0.15, 0.2) is 6.07 Å². The van der Waals surface area contributed by atoms with Gasteiger partial charge >= 0.3 is 0 Å². The molecule has 0 saturated heterocycles. The first-order valence-electron chi connectivity index (χ1n) is 7.18. The summed E-state index contributed by atoms with van der Waals surface area (Å²) < 4.78 is 1.73. The Bertz CT molecular complexity index is 382. The van der Waals surface area contributed by atoms with Crippen LogP contribution in [0, 0.1) is 5.92 Å². The molecule has 1 rings (SSSR count). The minimum absolute atomic E-state index is 0.243. The normalized spacial score (nSPS) is 12.7. The number of carbonyl (C=O) groups excluding carboxylic acids is 1. The fourth-order valence-corrected chi connectivity index (χ4v) is 2.27. The Labute approximate surface area is 111 Å². The number of aromatic nitrogens is 2. The molecule has 0 bridgehead atoms. The fourth-order valence-electron chi connectivity index (χ4n) is 2.27. The van der Waals surface area contributed by atoms with Crippen molar-refractivity contribution in [1.82, 2.24) is 9.78 Å². The summed E-state index contributed by atoms with van der Waals surface area (Å²) in [5.74, 6) is 0.769. The lowest BCUT2D eigenvalue weighted by Gasteiger charge is -2.13. The van der Waals surface area contributed by atoms with Gasteiger partial charge in [-0.2, -0.15) is 5.10 Å². The number of aryl methyl sites for hydroxylation is 2. The van der Waals surface area contributed by atoms with Crippen LogP contribution in [0.5, 0.6) is 0 Å². The van der Waals surface area contributed by atoms with Crippen molar-refractivity contribution >= 4 is 5.78 Å². The number of ketones is 1. The molecule has 18 heavy (non-hydrogen) atoms. The van der Waals surface area contributed by atoms with Gasteiger partial charge in [0.15, 0.2) is 5.78 Å². The number of nitrogens with zero attached hydrogens (tertiary/aromatic N) is 2. The summed E-state index contributed by atoms with van der Waals surface area (Å²) in [4.78, 5) is 12.3. The van der Waals surface area contributed by atoms with Crippen LogP contribution in [-0.4, -0.2) is 15.6 Å². The molecule has 0 saturated carbocycles. The molecular weight excluding hydrogens is 224 g/mol. The van der Waals surface area contributed by atoms with E-state index in [4.69, 9.17) is 0 Å². The second kappa shape index (κ2) is 7.34. The van der Waals surface area contributed by atoms with Crippen molar-refractivity contribution in [2.45, 2.75) is 59.3 Å². The predicted molar refractivity (Wildman–Crippen MR) is 74.8 cm³/mol. The maximum atomic E-state index is 12.3. The van der Waals surface area contributed by atoms with Gasteiger partial charge in [-0.05, 0) is 18.4 Å². The zero-order chi connectivity index (χ0) is 13.5. The van der Waals surface area contributed by atoms with Crippen LogP contribution in [-0.2, 0) is 13.5 Å². The number of hydrogen-bond donors (Lipinski definition) is 0. The molecule has 0 fully saturated rings. The molecule has 1 heterocycles. The van der Waals surface area contributed by atoms with Crippen molar-refractivity contribution in [3.63, 3.8) is 0 Å². The average molecular weight is 250 g/mol. The third kappa shape index (κ3) is 3.97. The van der Waals surface area contributed by atoms with E-state index in [0.29, 0.717) is 12.3 Å². The average Bonchev–Trinajstić information content (AvgIpc) is 2.75. The van der Waals surface area contributed by atoms with Gasteiger partial charge in [0.1, 0.15) is 5.69 Å². The van der Waals surface area contributed by atoms with Crippen molar-refractivity contribution in [1.29, 1.82) is 0 Å². The standard InChI is InChI=1S/C15H26N2O/c1-5-8-9-12(6-2)10-15(18)14-11-13(7-3)16-17(14)4/h11-12H,5-10H2,1-4H3. The first-order chi connectivity index (χ1) is 8.62. The highest BCUT2D eigenvalue weighted by molar-refractivity contribution is 5.94. The Balaban J connectivity index is 2.65. The van der Waals surface area contributed by atoms with E-state index in [1.807, 2.05) is 13.1 Å². The largest absolute Gasteiger partial charge is 0.292 e. The highest BCUT2D eigenvalue weighted by Gasteiger charge is 2.17. The number of Topliss-reactive ketones (excluding diaryl/α,β-unsaturated/α-hetero) is 1. The molecule has 0 aromatic carbocycles. The van der Waals surface area contributed by atoms with Gasteiger partial charge in [0.2, 0.25) is 0 Å². The molecule has 0 amide bonds. The summed E-state index contributed by atoms with van der Waals surface area (Å²) in [5, 5.41) is 4.34. The maximum Gasteiger partial charge on any atom is 0.181 e. The SMILES string of the molecule is CCCCC(CC)CC(=O)c1cc(CC)nn1C. The summed E-state index contributed by atoms with van der Waals surface area (Å²) in [6.07, 6.45) is 6.22. The van der Waals surface area contributed by atoms with Crippen molar-refractivity contribution in [2.75, 3.05) is 0 Å². The number of hydrogen-bond acceptors (Lipinski definition) is 2. The van der Waals surface area contributed by atoms with Crippen molar-refractivity contribution in [2.24, 2.45) is 13.0 Å². The molecule has 1 atom stereocenters. The van der Waals surface area contributed by atoms with Crippen molar-refractivity contribution < 1.29 is 4.79 Å². The van der Waals surface area contributed by atoms with Gasteiger partial charge in [-0.1, -0.05) is 46.5 Å². The van der Waals surface area contributed by atoms with Gasteiger partial charge in [-0.15, -0.1) is 0 Å². The van der Waals surface area contributed by atoms with Gasteiger partial charge < -0.3 is 0 Å². The third-order valence-corrected chi connectivity index (χ3v) is 3.60. The molecule has 3 heteroatoms. The second-order valence-electron chi connectivity index (χ2n) is 5.04. The van der Waals surface area contributed by atoms with Crippen molar-refractivity contribution in [3.8, 4) is 0 Å². The lowest BCUT2D eigenvalue weighted by atomic mass is 9.93. The maximum absolute atomic E-state index is 12.3. The quantitative estimate of drug-likeness (QED) is 0.658. The molecule has 102 valence electrons. The molecule has 0 spiro atoms. The van der Waals surface area contributed by atoms with E-state index in [1.54, 1.807) is 4.68 Å². The van der Waals surface area contributed by atoms with E-state index in [-0.39, 0.29) is 5.78 Å². The third-order valence-electron chi connectivity index (χ3n) is 3.60. The lowest BCUT2D eigenvalue weighted by Crippen LogP contribution is -2.12. The van der Waals surface area contributed by atoms with E-state index in [9.17, 15) is 4.79 Å². The Morgan fingerprint density at radius 3 is 2.61 bits per heavy atom. The van der Waals surface area contributed by atoms with Crippen LogP contribution in [0.25, 0.3) is 0 Å². The van der Waals surface area contributed by atoms with E-state index in [0.717, 1.165) is 30.7 Å². The summed E-state index contributed by atoms with van der Waals surface area (Å²) >= 11 is 0. The van der Waals surface area contributed by atoms with Gasteiger partial charge in [0.05, 0.1) is 5.69 Å². The van der Waals surface area contributed by atoms with E-state index in [2.05, 4.69) is 25.9 Å². The van der Waals surface area contributed by atoms with Crippen LogP contribution in [0.4, 0.5) is 0 Å². The van der Waals surface area contributed by atoms with Crippen LogP contribution in [0.1, 0.15) is 69.1 Å². The lowest BCUT2D eigenvalue weighted by molar-refractivity contribution is 0.0947. The number of unbranched alkanes of at least 4 members (excludes halogenated alkanes) is 1. The molecule has 3 nitrogen and oxygen atoms in total. The number of carbonyl (C=O) groups is 1. The summed E-state index contributed by atoms with van der Waals surface area (Å²) in [5.41, 5.74) is 1.77. The topological polar surface area (TPSA) is 34.9 Å². The molecule has 1 aromatic heterocycles. The van der Waals surface area contributed by atoms with Crippen LogP contribution in [0.2, 0.25) is 0 Å². The molecule has 0 radical (unpaired) electrons. The predicted octanol–water partition coefficient (Wildman–Crippen LogP) is 3.77. The van der Waals surface area contributed by atoms with Gasteiger partial charge in [-0.25, -0.2) is 0 Å². The summed E-state index contributed by atoms with van der Waals surface area (Å²) in [6.45, 7) is 6.43. The molecule has 0 aliphatic heterocycles. The van der Waals surface area contributed by atoms with Crippen LogP contribution >= 0.6 is 0 Å². The van der Waals surface area contributed by atoms with E-state index in [1.165, 1.54) is 12.8 Å². The first kappa shape index (κ1) is 14.9. The zero-order valence-corrected chi connectivity index (χ0v) is 12.2. The smallest absolute Gasteiger partial charge is 0.181 e. The Hall–Kier alpha value is -1.12. The molecule has 0 aliphatic carbocycles. The van der Waals surface area contributed by atoms with Gasteiger partial charge in [0.25, 0.3) is 0 Å². The molecule has 0 aliphatic rings. The van der Waals surface area contributed by atoms with E-state index < -0.39 is 0 Å². The highest BCUT2D eigenvalue weighted by atomic mass is 16.1. The molecule has 1 unspecified atom stereocenters. The zero-order valence-electron chi connectivity index (χ0n) is 12.2. The molecule has 0 N–H and O–H groups in total. The van der Waals surface area contributed by atoms with Gasteiger partial charge in [-0.3, -0.25) is 9.48 Å². The summed E-state index contributed by atoms with van der Waals surface area (Å²) in [7, 11) is 1.86. The highest BCUT2D eigenvalue weighted by Crippen LogP contribution is 2.19. The fraction of sp³-hybridized carbons (Fsp3) is 0.733. The minimum Gasteiger partial charge on any atom is -0.292 e. The summed E-state index contributed by atoms with van der Waals surface area (Å²) in [6, 6.07) is 1.94. The Kier molecular flexibility index (Phi) is 6.10. The second-order valence-corrected chi connectivity index (χ2v) is 5.04. The Morgan fingerprint density at radius 1 is 1.39 bits per heavy atom. The minimum atomic E-state index is 0.243. The van der Waals surface area contributed by atoms with E-state index >= 15 is 0 Å². The molecular formula is C15H26N2O. The first-order valence-corrected chi connectivity index (χ1v) is 7.18. The van der Waals surface area contributed by atoms with Crippen molar-refractivity contribution in [3.05, 3.63) is 17.5 Å². The van der Waals surface area contributed by atoms with Gasteiger partial charge in [0, 0.05) is 13.5 Å². The Morgan fingerprint density at radius 2 is 2.11 bits per heavy atom. The monoisotopic (exact) mass is 250 g/mol.